The summed E-state index contributed by atoms with van der Waals surface area (Å²) in [6.07, 6.45) is 3.33. The van der Waals surface area contributed by atoms with Gasteiger partial charge in [0.05, 0.1) is 10.9 Å². The fourth-order valence-electron chi connectivity index (χ4n) is 6.91. The summed E-state index contributed by atoms with van der Waals surface area (Å²) >= 11 is 0. The molecule has 1 aromatic heterocycles. The van der Waals surface area contributed by atoms with E-state index in [1.807, 2.05) is 66.5 Å². The van der Waals surface area contributed by atoms with E-state index in [0.29, 0.717) is 29.1 Å². The van der Waals surface area contributed by atoms with E-state index in [9.17, 15) is 9.59 Å². The summed E-state index contributed by atoms with van der Waals surface area (Å²) in [7, 11) is 0. The number of carbonyl (C=O) groups excluding carboxylic acids is 1. The van der Waals surface area contributed by atoms with Gasteiger partial charge in [0.15, 0.2) is 6.04 Å². The number of hydrogen-bond donors (Lipinski definition) is 0. The van der Waals surface area contributed by atoms with Crippen molar-refractivity contribution in [2.45, 2.75) is 77.0 Å². The van der Waals surface area contributed by atoms with Crippen LogP contribution in [0, 0.1) is 11.8 Å². The first-order valence-corrected chi connectivity index (χ1v) is 14.9. The lowest BCUT2D eigenvalue weighted by molar-refractivity contribution is -0.156. The molecule has 1 aliphatic carbocycles. The standard InChI is InChI=1S/C35H39N3O3/c1-5-30-36-28-19-13-12-18-26(28)33(39)37(30)38-31(24-14-8-6-9-15-24)32(38)34(40)41-29-22-23(2)20-21-27(29)35(3,4)25-16-10-7-11-17-25/h6-19,23,27,29,31-32H,5,20-22H2,1-4H3/t23-,27-,29-,31-,32+,38?/m1/s1. The van der Waals surface area contributed by atoms with Gasteiger partial charge in [0.2, 0.25) is 0 Å². The van der Waals surface area contributed by atoms with Gasteiger partial charge in [-0.15, -0.1) is 0 Å². The number of esters is 1. The lowest BCUT2D eigenvalue weighted by atomic mass is 9.64. The van der Waals surface area contributed by atoms with Crippen LogP contribution in [0.3, 0.4) is 0 Å². The normalized spacial score (nSPS) is 24.3. The van der Waals surface area contributed by atoms with Crippen molar-refractivity contribution in [1.29, 1.82) is 0 Å². The molecule has 0 radical (unpaired) electrons. The Morgan fingerprint density at radius 1 is 0.951 bits per heavy atom. The maximum absolute atomic E-state index is 14.1. The molecule has 6 nitrogen and oxygen atoms in total. The molecule has 212 valence electrons. The largest absolute Gasteiger partial charge is 0.460 e. The Labute approximate surface area is 242 Å². The highest BCUT2D eigenvalue weighted by Crippen LogP contribution is 2.46. The Bertz CT molecular complexity index is 1600. The Balaban J connectivity index is 1.36. The van der Waals surface area contributed by atoms with Gasteiger partial charge < -0.3 is 4.74 Å². The number of rotatable bonds is 7. The maximum atomic E-state index is 14.1. The summed E-state index contributed by atoms with van der Waals surface area (Å²) in [5.41, 5.74) is 2.61. The zero-order chi connectivity index (χ0) is 28.7. The molecule has 0 unspecified atom stereocenters. The first kappa shape index (κ1) is 27.3. The molecule has 2 heterocycles. The van der Waals surface area contributed by atoms with Gasteiger partial charge in [-0.25, -0.2) is 14.5 Å². The molecule has 3 aromatic carbocycles. The second-order valence-corrected chi connectivity index (χ2v) is 12.3. The molecule has 5 atom stereocenters. The first-order valence-electron chi connectivity index (χ1n) is 14.9. The molecule has 2 aliphatic rings. The van der Waals surface area contributed by atoms with Crippen molar-refractivity contribution in [2.75, 3.05) is 5.01 Å². The highest BCUT2D eigenvalue weighted by Gasteiger charge is 2.57. The van der Waals surface area contributed by atoms with Crippen molar-refractivity contribution < 1.29 is 9.53 Å². The number of carbonyl (C=O) groups is 1. The Morgan fingerprint density at radius 2 is 1.61 bits per heavy atom. The van der Waals surface area contributed by atoms with Crippen LogP contribution >= 0.6 is 0 Å². The van der Waals surface area contributed by atoms with Gasteiger partial charge in [-0.3, -0.25) is 9.80 Å². The highest BCUT2D eigenvalue weighted by atomic mass is 16.5. The van der Waals surface area contributed by atoms with Crippen molar-refractivity contribution >= 4 is 16.9 Å². The van der Waals surface area contributed by atoms with E-state index in [-0.39, 0.29) is 35.0 Å². The van der Waals surface area contributed by atoms with Crippen LogP contribution in [0.1, 0.15) is 70.0 Å². The maximum Gasteiger partial charge on any atom is 0.333 e. The minimum Gasteiger partial charge on any atom is -0.460 e. The van der Waals surface area contributed by atoms with Crippen molar-refractivity contribution in [3.63, 3.8) is 0 Å². The highest BCUT2D eigenvalue weighted by molar-refractivity contribution is 5.85. The zero-order valence-electron chi connectivity index (χ0n) is 24.4. The van der Waals surface area contributed by atoms with E-state index in [2.05, 4.69) is 45.0 Å². The third kappa shape index (κ3) is 4.94. The smallest absolute Gasteiger partial charge is 0.333 e. The molecule has 6 rings (SSSR count). The lowest BCUT2D eigenvalue weighted by Crippen LogP contribution is -2.44. The van der Waals surface area contributed by atoms with Crippen molar-refractivity contribution in [3.05, 3.63) is 112 Å². The number of nitrogens with zero attached hydrogens (tertiary/aromatic N) is 3. The van der Waals surface area contributed by atoms with Crippen molar-refractivity contribution in [1.82, 2.24) is 9.66 Å². The summed E-state index contributed by atoms with van der Waals surface area (Å²) in [6, 6.07) is 27.0. The van der Waals surface area contributed by atoms with Gasteiger partial charge in [-0.1, -0.05) is 107 Å². The Kier molecular flexibility index (Phi) is 7.18. The van der Waals surface area contributed by atoms with Crippen LogP contribution in [-0.4, -0.2) is 27.8 Å². The molecule has 1 aliphatic heterocycles. The van der Waals surface area contributed by atoms with Gasteiger partial charge in [0.1, 0.15) is 18.0 Å². The number of hydrogen-bond acceptors (Lipinski definition) is 5. The quantitative estimate of drug-likeness (QED) is 0.199. The van der Waals surface area contributed by atoms with Crippen LogP contribution in [0.25, 0.3) is 10.9 Å². The zero-order valence-corrected chi connectivity index (χ0v) is 24.4. The predicted molar refractivity (Wildman–Crippen MR) is 162 cm³/mol. The second kappa shape index (κ2) is 10.8. The Hall–Kier alpha value is -3.93. The minimum atomic E-state index is -0.596. The average Bonchev–Trinajstić information content (AvgIpc) is 3.73. The van der Waals surface area contributed by atoms with Crippen molar-refractivity contribution in [3.8, 4) is 0 Å². The molecule has 0 N–H and O–H groups in total. The van der Waals surface area contributed by atoms with Crippen LogP contribution in [0.2, 0.25) is 0 Å². The van der Waals surface area contributed by atoms with Crippen LogP contribution < -0.4 is 10.6 Å². The molecule has 2 fully saturated rings. The van der Waals surface area contributed by atoms with Gasteiger partial charge >= 0.3 is 5.97 Å². The summed E-state index contributed by atoms with van der Waals surface area (Å²) in [6.45, 7) is 8.78. The minimum absolute atomic E-state index is 0.150. The summed E-state index contributed by atoms with van der Waals surface area (Å²) in [5.74, 6) is 1.05. The molecule has 0 amide bonds. The molecule has 4 aromatic rings. The van der Waals surface area contributed by atoms with E-state index < -0.39 is 6.04 Å². The monoisotopic (exact) mass is 549 g/mol. The molecule has 0 bridgehead atoms. The van der Waals surface area contributed by atoms with Gasteiger partial charge in [0.25, 0.3) is 5.56 Å². The lowest BCUT2D eigenvalue weighted by Gasteiger charge is -2.44. The van der Waals surface area contributed by atoms with Crippen molar-refractivity contribution in [2.24, 2.45) is 11.8 Å². The third-order valence-corrected chi connectivity index (χ3v) is 9.30. The van der Waals surface area contributed by atoms with Crippen LogP contribution in [0.4, 0.5) is 0 Å². The number of aryl methyl sites for hydroxylation is 1. The van der Waals surface area contributed by atoms with E-state index in [1.165, 1.54) is 5.56 Å². The third-order valence-electron chi connectivity index (χ3n) is 9.30. The summed E-state index contributed by atoms with van der Waals surface area (Å²) in [4.78, 5) is 32.8. The van der Waals surface area contributed by atoms with Crippen LogP contribution in [0.5, 0.6) is 0 Å². The van der Waals surface area contributed by atoms with Gasteiger partial charge in [-0.2, -0.15) is 0 Å². The van der Waals surface area contributed by atoms with E-state index in [0.717, 1.165) is 24.8 Å². The Morgan fingerprint density at radius 3 is 2.32 bits per heavy atom. The van der Waals surface area contributed by atoms with Crippen LogP contribution in [0.15, 0.2) is 89.7 Å². The molecular weight excluding hydrogens is 510 g/mol. The SMILES string of the molecule is CCc1nc2ccccc2c(=O)n1N1[C@H](C(=O)O[C@@H]2C[C@H](C)CC[C@H]2C(C)(C)c2ccccc2)[C@H]1c1ccccc1. The summed E-state index contributed by atoms with van der Waals surface area (Å²) in [5, 5.41) is 2.42. The molecule has 1 saturated carbocycles. The molecule has 0 spiro atoms. The van der Waals surface area contributed by atoms with Crippen LogP contribution in [-0.2, 0) is 21.4 Å². The average molecular weight is 550 g/mol. The van der Waals surface area contributed by atoms with Gasteiger partial charge in [0, 0.05) is 12.3 Å². The molecular formula is C35H39N3O3. The molecule has 41 heavy (non-hydrogen) atoms. The topological polar surface area (TPSA) is 64.2 Å². The van der Waals surface area contributed by atoms with Gasteiger partial charge in [-0.05, 0) is 47.4 Å². The van der Waals surface area contributed by atoms with E-state index >= 15 is 0 Å². The number of ether oxygens (including phenoxy) is 1. The number of para-hydroxylation sites is 1. The first-order chi connectivity index (χ1) is 19.8. The number of benzene rings is 3. The predicted octanol–water partition coefficient (Wildman–Crippen LogP) is 6.35. The van der Waals surface area contributed by atoms with E-state index in [4.69, 9.17) is 9.72 Å². The van der Waals surface area contributed by atoms with E-state index in [1.54, 1.807) is 10.7 Å². The summed E-state index contributed by atoms with van der Waals surface area (Å²) < 4.78 is 8.12. The molecule has 1 saturated heterocycles. The number of aromatic nitrogens is 2. The fourth-order valence-corrected chi connectivity index (χ4v) is 6.91. The fraction of sp³-hybridized carbons (Fsp3) is 0.400. The number of fused-ring (bicyclic) bond motifs is 1. The molecule has 6 heteroatoms. The second-order valence-electron chi connectivity index (χ2n) is 12.3.